The molecule has 2 atom stereocenters. The highest BCUT2D eigenvalue weighted by Gasteiger charge is 2.35. The molecule has 7 heteroatoms. The van der Waals surface area contributed by atoms with Crippen LogP contribution in [0.5, 0.6) is 0 Å². The summed E-state index contributed by atoms with van der Waals surface area (Å²) in [4.78, 5) is 31.6. The second-order valence-electron chi connectivity index (χ2n) is 8.85. The number of hydrogen-bond acceptors (Lipinski definition) is 3. The summed E-state index contributed by atoms with van der Waals surface area (Å²) in [6.45, 7) is 11.1. The molecule has 0 radical (unpaired) electrons. The average molecular weight is 357 g/mol. The van der Waals surface area contributed by atoms with Gasteiger partial charge in [-0.15, -0.1) is 0 Å². The van der Waals surface area contributed by atoms with Gasteiger partial charge in [-0.3, -0.25) is 18.7 Å². The summed E-state index contributed by atoms with van der Waals surface area (Å²) in [6, 6.07) is 0.345. The normalized spacial score (nSPS) is 23.2. The molecule has 0 aromatic carbocycles. The van der Waals surface area contributed by atoms with Gasteiger partial charge in [-0.25, -0.2) is 4.79 Å². The van der Waals surface area contributed by atoms with Crippen molar-refractivity contribution in [3.05, 3.63) is 32.2 Å². The van der Waals surface area contributed by atoms with Crippen molar-refractivity contribution in [1.82, 2.24) is 23.5 Å². The Morgan fingerprint density at radius 3 is 2.50 bits per heavy atom. The van der Waals surface area contributed by atoms with E-state index in [1.54, 1.807) is 7.05 Å². The van der Waals surface area contributed by atoms with Crippen LogP contribution in [0.3, 0.4) is 0 Å². The first-order valence-electron chi connectivity index (χ1n) is 9.29. The summed E-state index contributed by atoms with van der Waals surface area (Å²) in [5.41, 5.74) is 2.49. The molecule has 3 aromatic heterocycles. The van der Waals surface area contributed by atoms with Crippen molar-refractivity contribution in [2.45, 2.75) is 59.9 Å². The van der Waals surface area contributed by atoms with Crippen molar-refractivity contribution >= 4 is 16.9 Å². The summed E-state index contributed by atoms with van der Waals surface area (Å²) in [5, 5.41) is 0. The quantitative estimate of drug-likeness (QED) is 0.727. The van der Waals surface area contributed by atoms with E-state index in [9.17, 15) is 9.59 Å². The van der Waals surface area contributed by atoms with Gasteiger partial charge in [0.2, 0.25) is 5.78 Å². The Kier molecular flexibility index (Phi) is 3.52. The molecular formula is C19H27N5O2. The SMILES string of the molecule is Cc1c(C)n2c3c(=O)[nH]c(=O)n(C)c3nc2n1[C@H]1C[C@H](C)CC(C)(C)C1. The van der Waals surface area contributed by atoms with Crippen molar-refractivity contribution in [3.8, 4) is 0 Å². The molecular weight excluding hydrogens is 330 g/mol. The lowest BCUT2D eigenvalue weighted by atomic mass is 9.70. The van der Waals surface area contributed by atoms with Gasteiger partial charge >= 0.3 is 5.69 Å². The predicted molar refractivity (Wildman–Crippen MR) is 102 cm³/mol. The number of hydrogen-bond donors (Lipinski definition) is 1. The molecule has 4 rings (SSSR count). The summed E-state index contributed by atoms with van der Waals surface area (Å²) in [5.74, 6) is 1.40. The number of aromatic amines is 1. The van der Waals surface area contributed by atoms with E-state index in [4.69, 9.17) is 4.98 Å². The number of aromatic nitrogens is 5. The van der Waals surface area contributed by atoms with E-state index in [-0.39, 0.29) is 11.0 Å². The fraction of sp³-hybridized carbons (Fsp3) is 0.632. The van der Waals surface area contributed by atoms with Crippen LogP contribution in [0.25, 0.3) is 16.9 Å². The summed E-state index contributed by atoms with van der Waals surface area (Å²) in [7, 11) is 1.64. The van der Waals surface area contributed by atoms with Gasteiger partial charge in [-0.1, -0.05) is 20.8 Å². The molecule has 1 aliphatic rings. The molecule has 0 saturated heterocycles. The first-order chi connectivity index (χ1) is 12.1. The molecule has 3 aromatic rings. The molecule has 7 nitrogen and oxygen atoms in total. The van der Waals surface area contributed by atoms with Crippen LogP contribution >= 0.6 is 0 Å². The molecule has 1 aliphatic carbocycles. The largest absolute Gasteiger partial charge is 0.329 e. The molecule has 140 valence electrons. The maximum absolute atomic E-state index is 12.5. The van der Waals surface area contributed by atoms with Crippen molar-refractivity contribution in [3.63, 3.8) is 0 Å². The fourth-order valence-corrected chi connectivity index (χ4v) is 5.07. The zero-order chi connectivity index (χ0) is 19.0. The van der Waals surface area contributed by atoms with Gasteiger partial charge in [0.1, 0.15) is 0 Å². The Hall–Kier alpha value is -2.31. The third kappa shape index (κ3) is 2.29. The van der Waals surface area contributed by atoms with E-state index < -0.39 is 5.69 Å². The van der Waals surface area contributed by atoms with Gasteiger partial charge in [0.25, 0.3) is 5.56 Å². The topological polar surface area (TPSA) is 77.1 Å². The van der Waals surface area contributed by atoms with E-state index in [0.29, 0.717) is 23.1 Å². The van der Waals surface area contributed by atoms with Crippen LogP contribution in [-0.2, 0) is 7.05 Å². The molecule has 1 saturated carbocycles. The van der Waals surface area contributed by atoms with E-state index in [0.717, 1.165) is 30.0 Å². The molecule has 1 N–H and O–H groups in total. The Morgan fingerprint density at radius 2 is 1.85 bits per heavy atom. The van der Waals surface area contributed by atoms with Gasteiger partial charge in [-0.2, -0.15) is 4.98 Å². The van der Waals surface area contributed by atoms with Crippen molar-refractivity contribution in [2.75, 3.05) is 0 Å². The van der Waals surface area contributed by atoms with Crippen LogP contribution < -0.4 is 11.2 Å². The number of nitrogens with one attached hydrogen (secondary N) is 1. The van der Waals surface area contributed by atoms with Crippen LogP contribution in [0.4, 0.5) is 0 Å². The molecule has 0 aliphatic heterocycles. The monoisotopic (exact) mass is 357 g/mol. The second-order valence-corrected chi connectivity index (χ2v) is 8.85. The van der Waals surface area contributed by atoms with Gasteiger partial charge in [0.15, 0.2) is 11.2 Å². The van der Waals surface area contributed by atoms with Crippen LogP contribution in [0, 0.1) is 25.2 Å². The first-order valence-corrected chi connectivity index (χ1v) is 9.29. The molecule has 0 unspecified atom stereocenters. The van der Waals surface area contributed by atoms with E-state index in [1.807, 2.05) is 11.3 Å². The molecule has 3 heterocycles. The summed E-state index contributed by atoms with van der Waals surface area (Å²) < 4.78 is 5.61. The zero-order valence-electron chi connectivity index (χ0n) is 16.4. The van der Waals surface area contributed by atoms with Gasteiger partial charge < -0.3 is 4.57 Å². The third-order valence-electron chi connectivity index (χ3n) is 6.06. The van der Waals surface area contributed by atoms with Crippen LogP contribution in [-0.4, -0.2) is 23.5 Å². The van der Waals surface area contributed by atoms with E-state index in [2.05, 4.69) is 37.2 Å². The number of H-pyrrole nitrogens is 1. The van der Waals surface area contributed by atoms with E-state index in [1.165, 1.54) is 11.0 Å². The lowest BCUT2D eigenvalue weighted by molar-refractivity contribution is 0.138. The van der Waals surface area contributed by atoms with E-state index >= 15 is 0 Å². The molecule has 0 spiro atoms. The Balaban J connectivity index is 2.05. The van der Waals surface area contributed by atoms with Crippen molar-refractivity contribution in [1.29, 1.82) is 0 Å². The van der Waals surface area contributed by atoms with Gasteiger partial charge in [0, 0.05) is 24.5 Å². The minimum atomic E-state index is -0.434. The first kappa shape index (κ1) is 17.1. The highest BCUT2D eigenvalue weighted by Crippen LogP contribution is 2.45. The van der Waals surface area contributed by atoms with Crippen LogP contribution in [0.2, 0.25) is 0 Å². The number of fused-ring (bicyclic) bond motifs is 3. The fourth-order valence-electron chi connectivity index (χ4n) is 5.07. The lowest BCUT2D eigenvalue weighted by Crippen LogP contribution is -2.30. The Morgan fingerprint density at radius 1 is 1.15 bits per heavy atom. The molecule has 26 heavy (non-hydrogen) atoms. The Labute approximate surface area is 151 Å². The molecule has 1 fully saturated rings. The predicted octanol–water partition coefficient (Wildman–Crippen LogP) is 2.68. The maximum atomic E-state index is 12.5. The number of rotatable bonds is 1. The highest BCUT2D eigenvalue weighted by atomic mass is 16.2. The average Bonchev–Trinajstić information content (AvgIpc) is 3.00. The second kappa shape index (κ2) is 5.34. The smallest absolute Gasteiger partial charge is 0.311 e. The van der Waals surface area contributed by atoms with Crippen molar-refractivity contribution in [2.24, 2.45) is 18.4 Å². The minimum Gasteiger partial charge on any atom is -0.311 e. The Bertz CT molecular complexity index is 1140. The number of imidazole rings is 2. The van der Waals surface area contributed by atoms with Crippen molar-refractivity contribution < 1.29 is 0 Å². The summed E-state index contributed by atoms with van der Waals surface area (Å²) >= 11 is 0. The maximum Gasteiger partial charge on any atom is 0.329 e. The zero-order valence-corrected chi connectivity index (χ0v) is 16.4. The number of aryl methyl sites for hydroxylation is 2. The van der Waals surface area contributed by atoms with Gasteiger partial charge in [-0.05, 0) is 44.4 Å². The summed E-state index contributed by atoms with van der Waals surface area (Å²) in [6.07, 6.45) is 3.41. The standard InChI is InChI=1S/C19H27N5O2/c1-10-7-13(9-19(4,5)8-10)23-11(2)12(3)24-14-15(20-17(23)24)22(6)18(26)21-16(14)25/h10,13H,7-9H2,1-6H3,(H,21,25,26)/t10-,13-/m0/s1. The minimum absolute atomic E-state index is 0.278. The molecule has 0 amide bonds. The van der Waals surface area contributed by atoms with Crippen LogP contribution in [0.15, 0.2) is 9.59 Å². The molecule has 0 bridgehead atoms. The van der Waals surface area contributed by atoms with Gasteiger partial charge in [0.05, 0.1) is 0 Å². The number of nitrogens with zero attached hydrogens (tertiary/aromatic N) is 4. The van der Waals surface area contributed by atoms with Crippen LogP contribution in [0.1, 0.15) is 57.5 Å². The lowest BCUT2D eigenvalue weighted by Gasteiger charge is -2.40. The highest BCUT2D eigenvalue weighted by molar-refractivity contribution is 5.76. The third-order valence-corrected chi connectivity index (χ3v) is 6.06.